The number of benzene rings is 8. The van der Waals surface area contributed by atoms with Crippen LogP contribution in [0, 0.1) is 0 Å². The molecule has 0 atom stereocenters. The van der Waals surface area contributed by atoms with Gasteiger partial charge in [-0.2, -0.15) is 0 Å². The summed E-state index contributed by atoms with van der Waals surface area (Å²) in [6.07, 6.45) is 0. The number of hydrogen-bond donors (Lipinski definition) is 0. The van der Waals surface area contributed by atoms with Gasteiger partial charge in [-0.3, -0.25) is 0 Å². The van der Waals surface area contributed by atoms with Gasteiger partial charge in [0.05, 0.1) is 0 Å². The number of hydrogen-bond acceptors (Lipinski definition) is 4. The molecule has 258 valence electrons. The summed E-state index contributed by atoms with van der Waals surface area (Å²) in [7, 11) is 0. The molecule has 3 nitrogen and oxygen atoms in total. The molecule has 10 aromatic rings. The Morgan fingerprint density at radius 3 is 1.20 bits per heavy atom. The van der Waals surface area contributed by atoms with Gasteiger partial charge in [-0.1, -0.05) is 188 Å². The maximum Gasteiger partial charge on any atom is 0.164 e. The molecule has 0 aliphatic heterocycles. The van der Waals surface area contributed by atoms with Crippen molar-refractivity contribution >= 4 is 31.5 Å². The summed E-state index contributed by atoms with van der Waals surface area (Å²) in [5.74, 6) is 1.92. The average molecular weight is 720 g/mol. The third kappa shape index (κ3) is 6.29. The third-order valence-corrected chi connectivity index (χ3v) is 11.4. The van der Waals surface area contributed by atoms with Crippen LogP contribution < -0.4 is 0 Å². The molecular formula is C51H33N3S. The normalized spacial score (nSPS) is 11.3. The zero-order chi connectivity index (χ0) is 36.6. The zero-order valence-corrected chi connectivity index (χ0v) is 30.6. The largest absolute Gasteiger partial charge is 0.208 e. The summed E-state index contributed by atoms with van der Waals surface area (Å²) < 4.78 is 2.62. The van der Waals surface area contributed by atoms with Crippen LogP contribution in [0.1, 0.15) is 0 Å². The lowest BCUT2D eigenvalue weighted by Gasteiger charge is -2.11. The van der Waals surface area contributed by atoms with Gasteiger partial charge < -0.3 is 0 Å². The molecule has 0 amide bonds. The van der Waals surface area contributed by atoms with Crippen LogP contribution in [0.3, 0.4) is 0 Å². The summed E-state index contributed by atoms with van der Waals surface area (Å²) in [5, 5.41) is 2.59. The Morgan fingerprint density at radius 1 is 0.255 bits per heavy atom. The second-order valence-corrected chi connectivity index (χ2v) is 14.6. The van der Waals surface area contributed by atoms with Crippen LogP contribution in [0.2, 0.25) is 0 Å². The van der Waals surface area contributed by atoms with E-state index < -0.39 is 0 Å². The first-order valence-corrected chi connectivity index (χ1v) is 19.3. The molecule has 0 radical (unpaired) electrons. The molecule has 2 heterocycles. The van der Waals surface area contributed by atoms with Gasteiger partial charge in [0.25, 0.3) is 0 Å². The highest BCUT2D eigenvalue weighted by atomic mass is 32.1. The van der Waals surface area contributed by atoms with Crippen LogP contribution in [-0.2, 0) is 0 Å². The summed E-state index contributed by atoms with van der Waals surface area (Å²) >= 11 is 1.88. The molecule has 0 aliphatic carbocycles. The van der Waals surface area contributed by atoms with Gasteiger partial charge in [0, 0.05) is 36.9 Å². The number of rotatable bonds is 7. The first kappa shape index (κ1) is 32.6. The number of thiophene rings is 1. The second-order valence-electron chi connectivity index (χ2n) is 13.6. The van der Waals surface area contributed by atoms with Crippen molar-refractivity contribution in [2.45, 2.75) is 0 Å². The molecule has 0 spiro atoms. The molecule has 0 bridgehead atoms. The molecule has 4 heteroatoms. The van der Waals surface area contributed by atoms with Crippen LogP contribution in [0.15, 0.2) is 200 Å². The first-order chi connectivity index (χ1) is 27.2. The Bertz CT molecular complexity index is 2950. The van der Waals surface area contributed by atoms with Crippen molar-refractivity contribution < 1.29 is 0 Å². The Hall–Kier alpha value is -7.01. The SMILES string of the molecule is c1ccc(-c2ccc(-c3nc(-c4ccccc4)nc(-c4cccc(-c5cccc(-c6cccc7c6sc6c(-c8ccccc8)cccc67)c5)c4)n3)cc2)cc1. The van der Waals surface area contributed by atoms with Gasteiger partial charge in [-0.05, 0) is 56.6 Å². The van der Waals surface area contributed by atoms with Crippen molar-refractivity contribution in [3.05, 3.63) is 200 Å². The van der Waals surface area contributed by atoms with Crippen LogP contribution in [0.25, 0.3) is 98.8 Å². The molecule has 0 saturated carbocycles. The van der Waals surface area contributed by atoms with Crippen molar-refractivity contribution in [3.8, 4) is 78.7 Å². The van der Waals surface area contributed by atoms with E-state index in [0.717, 1.165) is 33.4 Å². The summed E-state index contributed by atoms with van der Waals surface area (Å²) in [6, 6.07) is 70.4. The fourth-order valence-corrected chi connectivity index (χ4v) is 8.76. The Balaban J connectivity index is 1.04. The Kier molecular flexibility index (Phi) is 8.36. The van der Waals surface area contributed by atoms with Crippen LogP contribution >= 0.6 is 11.3 Å². The quantitative estimate of drug-likeness (QED) is 0.165. The van der Waals surface area contributed by atoms with Crippen LogP contribution in [0.5, 0.6) is 0 Å². The van der Waals surface area contributed by atoms with Crippen LogP contribution in [-0.4, -0.2) is 15.0 Å². The van der Waals surface area contributed by atoms with Crippen molar-refractivity contribution in [1.82, 2.24) is 15.0 Å². The summed E-state index contributed by atoms with van der Waals surface area (Å²) in [4.78, 5) is 15.1. The average Bonchev–Trinajstić information content (AvgIpc) is 3.67. The lowest BCUT2D eigenvalue weighted by Crippen LogP contribution is -2.00. The maximum absolute atomic E-state index is 5.06. The first-order valence-electron chi connectivity index (χ1n) is 18.4. The minimum atomic E-state index is 0.637. The highest BCUT2D eigenvalue weighted by Gasteiger charge is 2.16. The molecule has 0 unspecified atom stereocenters. The number of fused-ring (bicyclic) bond motifs is 3. The summed E-state index contributed by atoms with van der Waals surface area (Å²) in [6.45, 7) is 0. The predicted octanol–water partition coefficient (Wildman–Crippen LogP) is 13.9. The van der Waals surface area contributed by atoms with Gasteiger partial charge in [0.2, 0.25) is 0 Å². The highest BCUT2D eigenvalue weighted by molar-refractivity contribution is 7.26. The van der Waals surface area contributed by atoms with Crippen molar-refractivity contribution in [1.29, 1.82) is 0 Å². The molecule has 0 fully saturated rings. The van der Waals surface area contributed by atoms with E-state index in [2.05, 4.69) is 164 Å². The molecular weight excluding hydrogens is 687 g/mol. The monoisotopic (exact) mass is 719 g/mol. The lowest BCUT2D eigenvalue weighted by atomic mass is 9.96. The molecule has 0 saturated heterocycles. The topological polar surface area (TPSA) is 38.7 Å². The van der Waals surface area contributed by atoms with Gasteiger partial charge in [0.1, 0.15) is 0 Å². The molecule has 2 aromatic heterocycles. The summed E-state index contributed by atoms with van der Waals surface area (Å²) in [5.41, 5.74) is 12.3. The van der Waals surface area contributed by atoms with E-state index >= 15 is 0 Å². The van der Waals surface area contributed by atoms with Gasteiger partial charge >= 0.3 is 0 Å². The van der Waals surface area contributed by atoms with E-state index in [-0.39, 0.29) is 0 Å². The number of nitrogens with zero attached hydrogens (tertiary/aromatic N) is 3. The Morgan fingerprint density at radius 2 is 0.618 bits per heavy atom. The van der Waals surface area contributed by atoms with E-state index in [9.17, 15) is 0 Å². The highest BCUT2D eigenvalue weighted by Crippen LogP contribution is 2.44. The fraction of sp³-hybridized carbons (Fsp3) is 0. The van der Waals surface area contributed by atoms with Crippen molar-refractivity contribution in [2.24, 2.45) is 0 Å². The third-order valence-electron chi connectivity index (χ3n) is 10.2. The molecule has 10 rings (SSSR count). The standard InChI is InChI=1S/C51H33N3S/c1-4-14-34(15-5-1)35-28-30-38(31-29-35)50-52-49(37-18-8-3-9-19-37)53-51(54-50)42-23-11-21-40(33-42)39-20-10-22-41(32-39)44-25-13-27-46-45-26-12-24-43(47(45)55-48(44)46)36-16-6-2-7-17-36/h1-33H. The van der Waals surface area contributed by atoms with E-state index in [4.69, 9.17) is 15.0 Å². The lowest BCUT2D eigenvalue weighted by molar-refractivity contribution is 1.07. The molecule has 55 heavy (non-hydrogen) atoms. The van der Waals surface area contributed by atoms with Crippen molar-refractivity contribution in [3.63, 3.8) is 0 Å². The van der Waals surface area contributed by atoms with E-state index in [0.29, 0.717) is 17.5 Å². The van der Waals surface area contributed by atoms with Gasteiger partial charge in [-0.15, -0.1) is 11.3 Å². The van der Waals surface area contributed by atoms with E-state index in [1.807, 2.05) is 47.7 Å². The number of aromatic nitrogens is 3. The minimum Gasteiger partial charge on any atom is -0.208 e. The zero-order valence-electron chi connectivity index (χ0n) is 29.8. The smallest absolute Gasteiger partial charge is 0.164 e. The van der Waals surface area contributed by atoms with Gasteiger partial charge in [-0.25, -0.2) is 15.0 Å². The van der Waals surface area contributed by atoms with E-state index in [1.54, 1.807) is 0 Å². The Labute approximate surface area is 323 Å². The van der Waals surface area contributed by atoms with Gasteiger partial charge in [0.15, 0.2) is 17.5 Å². The van der Waals surface area contributed by atoms with E-state index in [1.165, 1.54) is 48.0 Å². The molecule has 8 aromatic carbocycles. The molecule has 0 N–H and O–H groups in total. The molecule has 0 aliphatic rings. The predicted molar refractivity (Wildman–Crippen MR) is 231 cm³/mol. The fourth-order valence-electron chi connectivity index (χ4n) is 7.39. The minimum absolute atomic E-state index is 0.637. The van der Waals surface area contributed by atoms with Crippen molar-refractivity contribution in [2.75, 3.05) is 0 Å². The second kappa shape index (κ2) is 14.1. The van der Waals surface area contributed by atoms with Crippen LogP contribution in [0.4, 0.5) is 0 Å². The maximum atomic E-state index is 5.06.